The molecule has 1 rings (SSSR count). The molecule has 0 N–H and O–H groups in total. The van der Waals surface area contributed by atoms with Crippen molar-refractivity contribution in [3.05, 3.63) is 0 Å². The number of hydrogen-bond donors (Lipinski definition) is 0. The molecule has 0 bridgehead atoms. The highest BCUT2D eigenvalue weighted by Crippen LogP contribution is 2.17. The van der Waals surface area contributed by atoms with E-state index in [1.807, 2.05) is 18.9 Å². The highest BCUT2D eigenvalue weighted by atomic mass is 16.2. The van der Waals surface area contributed by atoms with Crippen LogP contribution in [0.1, 0.15) is 27.2 Å². The van der Waals surface area contributed by atoms with Crippen LogP contribution in [0.3, 0.4) is 0 Å². The molecule has 0 aromatic rings. The Hall–Kier alpha value is -0.770. The monoisotopic (exact) mass is 227 g/mol. The van der Waals surface area contributed by atoms with E-state index in [0.717, 1.165) is 26.1 Å². The van der Waals surface area contributed by atoms with Gasteiger partial charge in [-0.25, -0.2) is 4.79 Å². The van der Waals surface area contributed by atoms with Crippen molar-refractivity contribution in [1.82, 2.24) is 14.7 Å². The van der Waals surface area contributed by atoms with E-state index in [2.05, 4.69) is 25.8 Å². The maximum atomic E-state index is 11.9. The Kier molecular flexibility index (Phi) is 4.59. The molecule has 4 heteroatoms. The van der Waals surface area contributed by atoms with Gasteiger partial charge in [0.1, 0.15) is 0 Å². The van der Waals surface area contributed by atoms with E-state index < -0.39 is 0 Å². The first-order chi connectivity index (χ1) is 7.47. The normalized spacial score (nSPS) is 20.9. The van der Waals surface area contributed by atoms with Gasteiger partial charge in [0.05, 0.1) is 0 Å². The first-order valence-electron chi connectivity index (χ1n) is 6.19. The van der Waals surface area contributed by atoms with Gasteiger partial charge in [0, 0.05) is 38.8 Å². The molecule has 1 fully saturated rings. The number of likely N-dealkylation sites (N-methyl/N-ethyl adjacent to an activating group) is 1. The zero-order valence-corrected chi connectivity index (χ0v) is 11.2. The summed E-state index contributed by atoms with van der Waals surface area (Å²) in [5, 5.41) is 0. The Morgan fingerprint density at radius 2 is 2.06 bits per heavy atom. The second kappa shape index (κ2) is 5.53. The summed E-state index contributed by atoms with van der Waals surface area (Å²) in [5.74, 6) is 0. The summed E-state index contributed by atoms with van der Waals surface area (Å²) in [6, 6.07) is 1.24. The molecule has 1 atom stereocenters. The number of carbonyl (C=O) groups is 1. The molecule has 1 unspecified atom stereocenters. The Bertz CT molecular complexity index is 242. The molecule has 0 aromatic heterocycles. The summed E-state index contributed by atoms with van der Waals surface area (Å²) in [6.07, 6.45) is 1.10. The van der Waals surface area contributed by atoms with Gasteiger partial charge in [-0.2, -0.15) is 0 Å². The lowest BCUT2D eigenvalue weighted by molar-refractivity contribution is 0.162. The fourth-order valence-corrected chi connectivity index (χ4v) is 2.05. The molecule has 1 aliphatic rings. The minimum Gasteiger partial charge on any atom is -0.328 e. The number of urea groups is 1. The highest BCUT2D eigenvalue weighted by molar-refractivity contribution is 5.74. The van der Waals surface area contributed by atoms with Gasteiger partial charge in [-0.3, -0.25) is 4.90 Å². The molecule has 1 saturated heterocycles. The van der Waals surface area contributed by atoms with Crippen molar-refractivity contribution in [1.29, 1.82) is 0 Å². The van der Waals surface area contributed by atoms with Crippen LogP contribution >= 0.6 is 0 Å². The van der Waals surface area contributed by atoms with Crippen molar-refractivity contribution in [2.75, 3.05) is 33.7 Å². The van der Waals surface area contributed by atoms with Crippen LogP contribution in [0.2, 0.25) is 0 Å². The fraction of sp³-hybridized carbons (Fsp3) is 0.917. The zero-order valence-electron chi connectivity index (χ0n) is 11.2. The molecular formula is C12H25N3O. The van der Waals surface area contributed by atoms with Crippen LogP contribution in [0.4, 0.5) is 4.79 Å². The van der Waals surface area contributed by atoms with Crippen LogP contribution in [0.5, 0.6) is 0 Å². The summed E-state index contributed by atoms with van der Waals surface area (Å²) in [5.41, 5.74) is 0. The summed E-state index contributed by atoms with van der Waals surface area (Å²) in [4.78, 5) is 18.0. The molecule has 94 valence electrons. The first kappa shape index (κ1) is 13.3. The maximum Gasteiger partial charge on any atom is 0.319 e. The van der Waals surface area contributed by atoms with E-state index in [4.69, 9.17) is 0 Å². The third kappa shape index (κ3) is 2.88. The minimum absolute atomic E-state index is 0.169. The maximum absolute atomic E-state index is 11.9. The van der Waals surface area contributed by atoms with E-state index in [-0.39, 0.29) is 6.03 Å². The Morgan fingerprint density at radius 1 is 1.44 bits per heavy atom. The lowest BCUT2D eigenvalue weighted by Gasteiger charge is -2.29. The summed E-state index contributed by atoms with van der Waals surface area (Å²) < 4.78 is 0. The standard InChI is InChI=1S/C12H25N3O/c1-6-13(4)12(16)15-8-7-11(9-15)14(5)10(2)3/h10-11H,6-9H2,1-5H3. The molecule has 0 radical (unpaired) electrons. The minimum atomic E-state index is 0.169. The molecule has 0 aliphatic carbocycles. The number of carbonyl (C=O) groups excluding carboxylic acids is 1. The van der Waals surface area contributed by atoms with Crippen LogP contribution in [-0.2, 0) is 0 Å². The number of nitrogens with zero attached hydrogens (tertiary/aromatic N) is 3. The van der Waals surface area contributed by atoms with Crippen LogP contribution in [0.15, 0.2) is 0 Å². The Balaban J connectivity index is 2.49. The van der Waals surface area contributed by atoms with Gasteiger partial charge >= 0.3 is 6.03 Å². The molecule has 4 nitrogen and oxygen atoms in total. The van der Waals surface area contributed by atoms with Crippen LogP contribution in [0.25, 0.3) is 0 Å². The van der Waals surface area contributed by atoms with E-state index >= 15 is 0 Å². The predicted octanol–water partition coefficient (Wildman–Crippen LogP) is 1.47. The van der Waals surface area contributed by atoms with Gasteiger partial charge in [-0.05, 0) is 34.2 Å². The van der Waals surface area contributed by atoms with Crippen molar-refractivity contribution in [2.24, 2.45) is 0 Å². The predicted molar refractivity (Wildman–Crippen MR) is 66.6 cm³/mol. The molecular weight excluding hydrogens is 202 g/mol. The molecule has 0 saturated carbocycles. The molecule has 0 spiro atoms. The van der Waals surface area contributed by atoms with Gasteiger partial charge in [0.15, 0.2) is 0 Å². The van der Waals surface area contributed by atoms with Gasteiger partial charge in [-0.1, -0.05) is 0 Å². The molecule has 1 aliphatic heterocycles. The topological polar surface area (TPSA) is 26.8 Å². The second-order valence-electron chi connectivity index (χ2n) is 4.94. The number of likely N-dealkylation sites (tertiary alicyclic amines) is 1. The highest BCUT2D eigenvalue weighted by Gasteiger charge is 2.30. The SMILES string of the molecule is CCN(C)C(=O)N1CCC(N(C)C(C)C)C1. The Labute approximate surface area is 99.2 Å². The van der Waals surface area contributed by atoms with Crippen molar-refractivity contribution in [3.8, 4) is 0 Å². The summed E-state index contributed by atoms with van der Waals surface area (Å²) in [7, 11) is 4.01. The summed E-state index contributed by atoms with van der Waals surface area (Å²) >= 11 is 0. The second-order valence-corrected chi connectivity index (χ2v) is 4.94. The third-order valence-electron chi connectivity index (χ3n) is 3.63. The van der Waals surface area contributed by atoms with Gasteiger partial charge in [0.2, 0.25) is 0 Å². The van der Waals surface area contributed by atoms with Crippen LogP contribution < -0.4 is 0 Å². The Morgan fingerprint density at radius 3 is 2.56 bits per heavy atom. The molecule has 16 heavy (non-hydrogen) atoms. The van der Waals surface area contributed by atoms with Crippen molar-refractivity contribution < 1.29 is 4.79 Å². The van der Waals surface area contributed by atoms with E-state index in [1.54, 1.807) is 4.90 Å². The first-order valence-corrected chi connectivity index (χ1v) is 6.19. The third-order valence-corrected chi connectivity index (χ3v) is 3.63. The zero-order chi connectivity index (χ0) is 12.3. The lowest BCUT2D eigenvalue weighted by atomic mass is 10.2. The van der Waals surface area contributed by atoms with E-state index in [1.165, 1.54) is 0 Å². The van der Waals surface area contributed by atoms with Crippen LogP contribution in [-0.4, -0.2) is 66.5 Å². The van der Waals surface area contributed by atoms with E-state index in [0.29, 0.717) is 12.1 Å². The lowest BCUT2D eigenvalue weighted by Crippen LogP contribution is -2.43. The number of hydrogen-bond acceptors (Lipinski definition) is 2. The molecule has 2 amide bonds. The van der Waals surface area contributed by atoms with Crippen molar-refractivity contribution >= 4 is 6.03 Å². The van der Waals surface area contributed by atoms with Crippen LogP contribution in [0, 0.1) is 0 Å². The molecule has 1 heterocycles. The average molecular weight is 227 g/mol. The molecule has 0 aromatic carbocycles. The van der Waals surface area contributed by atoms with Crippen molar-refractivity contribution in [3.63, 3.8) is 0 Å². The quantitative estimate of drug-likeness (QED) is 0.730. The van der Waals surface area contributed by atoms with Gasteiger partial charge in [0.25, 0.3) is 0 Å². The van der Waals surface area contributed by atoms with Gasteiger partial charge < -0.3 is 9.80 Å². The fourth-order valence-electron chi connectivity index (χ4n) is 2.05. The largest absolute Gasteiger partial charge is 0.328 e. The number of rotatable bonds is 3. The van der Waals surface area contributed by atoms with Gasteiger partial charge in [-0.15, -0.1) is 0 Å². The summed E-state index contributed by atoms with van der Waals surface area (Å²) in [6.45, 7) is 8.94. The average Bonchev–Trinajstić information content (AvgIpc) is 2.74. The smallest absolute Gasteiger partial charge is 0.319 e. The van der Waals surface area contributed by atoms with E-state index in [9.17, 15) is 4.79 Å². The number of amides is 2. The van der Waals surface area contributed by atoms with Crippen molar-refractivity contribution in [2.45, 2.75) is 39.3 Å².